The number of aromatic nitrogens is 3. The van der Waals surface area contributed by atoms with Gasteiger partial charge in [-0.15, -0.1) is 11.3 Å². The standard InChI is InChI=1S/C16H13N3O2S/c20-16(21)14-9-17-15(22-14)7-6-13-8-18-19(11-13)10-12-4-2-1-3-5-12/h1-9,11H,10H2,(H,20,21). The fourth-order valence-corrected chi connectivity index (χ4v) is 2.61. The van der Waals surface area contributed by atoms with Gasteiger partial charge in [0.25, 0.3) is 0 Å². The van der Waals surface area contributed by atoms with E-state index >= 15 is 0 Å². The van der Waals surface area contributed by atoms with Crippen LogP contribution in [-0.4, -0.2) is 25.8 Å². The van der Waals surface area contributed by atoms with Crippen molar-refractivity contribution >= 4 is 29.5 Å². The van der Waals surface area contributed by atoms with Crippen LogP contribution in [0.2, 0.25) is 0 Å². The fourth-order valence-electron chi connectivity index (χ4n) is 1.95. The van der Waals surface area contributed by atoms with E-state index in [1.165, 1.54) is 11.8 Å². The highest BCUT2D eigenvalue weighted by atomic mass is 32.1. The van der Waals surface area contributed by atoms with Gasteiger partial charge in [-0.3, -0.25) is 4.68 Å². The van der Waals surface area contributed by atoms with Gasteiger partial charge in [0.15, 0.2) is 0 Å². The Morgan fingerprint density at radius 2 is 2.05 bits per heavy atom. The van der Waals surface area contributed by atoms with Gasteiger partial charge < -0.3 is 5.11 Å². The summed E-state index contributed by atoms with van der Waals surface area (Å²) in [5.41, 5.74) is 2.13. The van der Waals surface area contributed by atoms with Crippen LogP contribution in [0.1, 0.15) is 25.8 Å². The second kappa shape index (κ2) is 6.36. The highest BCUT2D eigenvalue weighted by Gasteiger charge is 2.06. The Morgan fingerprint density at radius 1 is 1.23 bits per heavy atom. The van der Waals surface area contributed by atoms with Gasteiger partial charge in [-0.2, -0.15) is 5.10 Å². The number of carboxylic acids is 1. The summed E-state index contributed by atoms with van der Waals surface area (Å²) >= 11 is 1.14. The Labute approximate surface area is 131 Å². The molecule has 0 atom stereocenters. The van der Waals surface area contributed by atoms with Gasteiger partial charge in [-0.25, -0.2) is 9.78 Å². The van der Waals surface area contributed by atoms with Crippen LogP contribution in [0.25, 0.3) is 12.2 Å². The van der Waals surface area contributed by atoms with Crippen LogP contribution in [0.4, 0.5) is 0 Å². The summed E-state index contributed by atoms with van der Waals surface area (Å²) in [4.78, 5) is 15.1. The molecule has 5 nitrogen and oxygen atoms in total. The minimum Gasteiger partial charge on any atom is -0.477 e. The Morgan fingerprint density at radius 3 is 2.77 bits per heavy atom. The maximum Gasteiger partial charge on any atom is 0.347 e. The summed E-state index contributed by atoms with van der Waals surface area (Å²) in [6.45, 7) is 0.717. The zero-order chi connectivity index (χ0) is 15.4. The molecule has 0 unspecified atom stereocenters. The molecule has 2 heterocycles. The van der Waals surface area contributed by atoms with E-state index in [1.807, 2.05) is 35.2 Å². The van der Waals surface area contributed by atoms with Crippen LogP contribution in [-0.2, 0) is 6.54 Å². The van der Waals surface area contributed by atoms with Crippen molar-refractivity contribution in [2.45, 2.75) is 6.54 Å². The van der Waals surface area contributed by atoms with E-state index in [4.69, 9.17) is 5.11 Å². The number of nitrogens with zero attached hydrogens (tertiary/aromatic N) is 3. The van der Waals surface area contributed by atoms with Gasteiger partial charge in [0, 0.05) is 11.8 Å². The number of benzene rings is 1. The lowest BCUT2D eigenvalue weighted by atomic mass is 10.2. The topological polar surface area (TPSA) is 68.0 Å². The Kier molecular flexibility index (Phi) is 4.11. The lowest BCUT2D eigenvalue weighted by Crippen LogP contribution is -1.99. The minimum atomic E-state index is -0.951. The summed E-state index contributed by atoms with van der Waals surface area (Å²) in [7, 11) is 0. The highest BCUT2D eigenvalue weighted by Crippen LogP contribution is 2.16. The van der Waals surface area contributed by atoms with Gasteiger partial charge in [0.05, 0.1) is 18.9 Å². The van der Waals surface area contributed by atoms with E-state index in [1.54, 1.807) is 12.3 Å². The molecule has 2 aromatic heterocycles. The molecule has 0 aliphatic heterocycles. The van der Waals surface area contributed by atoms with Crippen molar-refractivity contribution in [3.8, 4) is 0 Å². The molecule has 3 rings (SSSR count). The summed E-state index contributed by atoms with van der Waals surface area (Å²) in [5, 5.41) is 13.8. The molecule has 0 amide bonds. The third kappa shape index (κ3) is 3.48. The third-order valence-electron chi connectivity index (χ3n) is 2.99. The van der Waals surface area contributed by atoms with Crippen molar-refractivity contribution in [3.63, 3.8) is 0 Å². The van der Waals surface area contributed by atoms with E-state index in [2.05, 4.69) is 22.2 Å². The average molecular weight is 311 g/mol. The van der Waals surface area contributed by atoms with E-state index < -0.39 is 5.97 Å². The van der Waals surface area contributed by atoms with Gasteiger partial charge in [0.2, 0.25) is 0 Å². The molecule has 3 aromatic rings. The number of carboxylic acid groups (broad SMARTS) is 1. The molecule has 0 spiro atoms. The molecule has 0 fully saturated rings. The fraction of sp³-hybridized carbons (Fsp3) is 0.0625. The molecule has 0 saturated heterocycles. The van der Waals surface area contributed by atoms with Crippen LogP contribution in [0, 0.1) is 0 Å². The van der Waals surface area contributed by atoms with Crippen LogP contribution in [0.3, 0.4) is 0 Å². The molecule has 0 bridgehead atoms. The first-order valence-corrected chi connectivity index (χ1v) is 7.46. The second-order valence-electron chi connectivity index (χ2n) is 4.66. The zero-order valence-corrected chi connectivity index (χ0v) is 12.4. The minimum absolute atomic E-state index is 0.236. The Hall–Kier alpha value is -2.73. The quantitative estimate of drug-likeness (QED) is 0.785. The summed E-state index contributed by atoms with van der Waals surface area (Å²) in [5.74, 6) is -0.951. The summed E-state index contributed by atoms with van der Waals surface area (Å²) in [6, 6.07) is 10.1. The maximum atomic E-state index is 10.8. The first-order valence-electron chi connectivity index (χ1n) is 6.64. The Balaban J connectivity index is 1.68. The molecular weight excluding hydrogens is 298 g/mol. The van der Waals surface area contributed by atoms with E-state index in [-0.39, 0.29) is 4.88 Å². The molecule has 1 aromatic carbocycles. The molecule has 110 valence electrons. The average Bonchev–Trinajstić information content (AvgIpc) is 3.15. The molecule has 0 saturated carbocycles. The van der Waals surface area contributed by atoms with Crippen LogP contribution in [0.15, 0.2) is 48.9 Å². The third-order valence-corrected chi connectivity index (χ3v) is 3.94. The van der Waals surface area contributed by atoms with Crippen molar-refractivity contribution in [1.82, 2.24) is 14.8 Å². The monoisotopic (exact) mass is 311 g/mol. The maximum absolute atomic E-state index is 10.8. The summed E-state index contributed by atoms with van der Waals surface area (Å²) in [6.07, 6.45) is 8.74. The predicted molar refractivity (Wildman–Crippen MR) is 85.8 cm³/mol. The predicted octanol–water partition coefficient (Wildman–Crippen LogP) is 3.26. The largest absolute Gasteiger partial charge is 0.477 e. The highest BCUT2D eigenvalue weighted by molar-refractivity contribution is 7.14. The number of thiazole rings is 1. The first-order chi connectivity index (χ1) is 10.7. The number of aromatic carboxylic acids is 1. The molecule has 1 N–H and O–H groups in total. The van der Waals surface area contributed by atoms with Crippen molar-refractivity contribution in [2.75, 3.05) is 0 Å². The molecule has 6 heteroatoms. The lowest BCUT2D eigenvalue weighted by Gasteiger charge is -2.00. The molecular formula is C16H13N3O2S. The van der Waals surface area contributed by atoms with Crippen LogP contribution >= 0.6 is 11.3 Å². The molecule has 0 aliphatic carbocycles. The lowest BCUT2D eigenvalue weighted by molar-refractivity contribution is 0.0702. The van der Waals surface area contributed by atoms with E-state index in [9.17, 15) is 4.79 Å². The van der Waals surface area contributed by atoms with Gasteiger partial charge in [0.1, 0.15) is 9.88 Å². The van der Waals surface area contributed by atoms with Gasteiger partial charge in [-0.05, 0) is 17.7 Å². The number of carbonyl (C=O) groups is 1. The molecule has 0 aliphatic rings. The van der Waals surface area contributed by atoms with Crippen LogP contribution in [0.5, 0.6) is 0 Å². The smallest absolute Gasteiger partial charge is 0.347 e. The van der Waals surface area contributed by atoms with Crippen molar-refractivity contribution in [3.05, 3.63) is 69.9 Å². The number of hydrogen-bond donors (Lipinski definition) is 1. The van der Waals surface area contributed by atoms with E-state index in [0.29, 0.717) is 5.01 Å². The van der Waals surface area contributed by atoms with Crippen molar-refractivity contribution in [1.29, 1.82) is 0 Å². The van der Waals surface area contributed by atoms with Crippen LogP contribution < -0.4 is 0 Å². The normalized spacial score (nSPS) is 11.1. The molecule has 22 heavy (non-hydrogen) atoms. The first kappa shape index (κ1) is 14.2. The van der Waals surface area contributed by atoms with Gasteiger partial charge >= 0.3 is 5.97 Å². The van der Waals surface area contributed by atoms with E-state index in [0.717, 1.165) is 23.4 Å². The molecule has 0 radical (unpaired) electrons. The summed E-state index contributed by atoms with van der Waals surface area (Å²) < 4.78 is 1.86. The SMILES string of the molecule is O=C(O)c1cnc(C=Cc2cnn(Cc3ccccc3)c2)s1. The number of rotatable bonds is 5. The Bertz CT molecular complexity index is 806. The zero-order valence-electron chi connectivity index (χ0n) is 11.6. The van der Waals surface area contributed by atoms with Gasteiger partial charge in [-0.1, -0.05) is 30.3 Å². The second-order valence-corrected chi connectivity index (χ2v) is 5.72. The number of hydrogen-bond acceptors (Lipinski definition) is 4. The van der Waals surface area contributed by atoms with Crippen molar-refractivity contribution < 1.29 is 9.90 Å². The van der Waals surface area contributed by atoms with Crippen molar-refractivity contribution in [2.24, 2.45) is 0 Å².